The lowest BCUT2D eigenvalue weighted by atomic mass is 10.1. The minimum Gasteiger partial charge on any atom is -0.513 e. The molecule has 0 aliphatic rings. The molecule has 19 heavy (non-hydrogen) atoms. The number of unbranched alkanes of at least 4 members (excludes halogenated alkanes) is 8. The van der Waals surface area contributed by atoms with Crippen LogP contribution in [0.25, 0.3) is 0 Å². The molecule has 0 saturated heterocycles. The summed E-state index contributed by atoms with van der Waals surface area (Å²) in [6.45, 7) is 2.21. The Morgan fingerprint density at radius 2 is 1.42 bits per heavy atom. The van der Waals surface area contributed by atoms with Crippen molar-refractivity contribution in [3.8, 4) is 0 Å². The van der Waals surface area contributed by atoms with E-state index in [2.05, 4.69) is 6.92 Å². The molecule has 0 aromatic heterocycles. The van der Waals surface area contributed by atoms with Crippen LogP contribution >= 0.6 is 0 Å². The number of hydrogen-bond donors (Lipinski definition) is 2. The van der Waals surface area contributed by atoms with Gasteiger partial charge in [0.1, 0.15) is 0 Å². The lowest BCUT2D eigenvalue weighted by Crippen LogP contribution is -2.01. The van der Waals surface area contributed by atoms with E-state index in [0.29, 0.717) is 6.42 Å². The summed E-state index contributed by atoms with van der Waals surface area (Å²) < 4.78 is 29.4. The summed E-state index contributed by atoms with van der Waals surface area (Å²) in [4.78, 5) is 0. The molecule has 0 aliphatic heterocycles. The first-order chi connectivity index (χ1) is 8.95. The van der Waals surface area contributed by atoms with Gasteiger partial charge in [-0.15, -0.1) is 0 Å². The summed E-state index contributed by atoms with van der Waals surface area (Å²) in [5.41, 5.74) is 0. The van der Waals surface area contributed by atoms with Crippen LogP contribution in [0.4, 0.5) is 0 Å². The molecule has 0 saturated carbocycles. The monoisotopic (exact) mass is 292 g/mol. The fourth-order valence-corrected chi connectivity index (χ4v) is 2.32. The molecule has 0 aromatic rings. The molecule has 0 atom stereocenters. The SMILES string of the molecule is CCCCCCCCCCCC(O)=CCS(=O)(=O)O. The van der Waals surface area contributed by atoms with Crippen LogP contribution in [-0.4, -0.2) is 23.8 Å². The number of aliphatic hydroxyl groups excluding tert-OH is 1. The van der Waals surface area contributed by atoms with Crippen molar-refractivity contribution in [2.45, 2.75) is 71.1 Å². The first kappa shape index (κ1) is 18.4. The third-order valence-corrected chi connectivity index (χ3v) is 3.65. The van der Waals surface area contributed by atoms with Gasteiger partial charge in [-0.05, 0) is 12.5 Å². The third-order valence-electron chi connectivity index (χ3n) is 3.07. The van der Waals surface area contributed by atoms with Gasteiger partial charge in [-0.1, -0.05) is 58.3 Å². The third kappa shape index (κ3) is 15.4. The van der Waals surface area contributed by atoms with Crippen molar-refractivity contribution in [1.29, 1.82) is 0 Å². The molecule has 5 heteroatoms. The second-order valence-electron chi connectivity index (χ2n) is 5.02. The van der Waals surface area contributed by atoms with E-state index in [1.807, 2.05) is 0 Å². The van der Waals surface area contributed by atoms with Crippen molar-refractivity contribution in [3.63, 3.8) is 0 Å². The van der Waals surface area contributed by atoms with Crippen LogP contribution in [0.5, 0.6) is 0 Å². The molecule has 0 heterocycles. The predicted molar refractivity (Wildman–Crippen MR) is 79.0 cm³/mol. The number of hydrogen-bond acceptors (Lipinski definition) is 3. The van der Waals surface area contributed by atoms with E-state index in [0.717, 1.165) is 19.3 Å². The molecular weight excluding hydrogens is 264 g/mol. The van der Waals surface area contributed by atoms with Gasteiger partial charge in [0.15, 0.2) is 0 Å². The van der Waals surface area contributed by atoms with E-state index in [4.69, 9.17) is 4.55 Å². The number of rotatable bonds is 12. The van der Waals surface area contributed by atoms with Crippen LogP contribution in [0.3, 0.4) is 0 Å². The van der Waals surface area contributed by atoms with E-state index < -0.39 is 15.9 Å². The first-order valence-electron chi connectivity index (χ1n) is 7.29. The highest BCUT2D eigenvalue weighted by molar-refractivity contribution is 7.85. The Hall–Kier alpha value is -0.550. The number of aliphatic hydroxyl groups is 1. The molecule has 0 fully saturated rings. The summed E-state index contributed by atoms with van der Waals surface area (Å²) >= 11 is 0. The average molecular weight is 292 g/mol. The first-order valence-corrected chi connectivity index (χ1v) is 8.89. The molecule has 0 amide bonds. The van der Waals surface area contributed by atoms with Crippen LogP contribution in [-0.2, 0) is 10.1 Å². The number of allylic oxidation sites excluding steroid dienone is 1. The highest BCUT2D eigenvalue weighted by Crippen LogP contribution is 2.12. The van der Waals surface area contributed by atoms with Crippen molar-refractivity contribution in [2.24, 2.45) is 0 Å². The van der Waals surface area contributed by atoms with Gasteiger partial charge in [0.25, 0.3) is 10.1 Å². The van der Waals surface area contributed by atoms with Crippen molar-refractivity contribution >= 4 is 10.1 Å². The molecule has 0 radical (unpaired) electrons. The normalized spacial score (nSPS) is 12.8. The van der Waals surface area contributed by atoms with Crippen LogP contribution in [0.1, 0.15) is 71.1 Å². The molecular formula is C14H28O4S. The van der Waals surface area contributed by atoms with Gasteiger partial charge < -0.3 is 5.11 Å². The zero-order valence-corrected chi connectivity index (χ0v) is 12.8. The Bertz CT molecular complexity index is 333. The van der Waals surface area contributed by atoms with Crippen LogP contribution in [0.2, 0.25) is 0 Å². The maximum atomic E-state index is 10.5. The Morgan fingerprint density at radius 1 is 0.947 bits per heavy atom. The predicted octanol–water partition coefficient (Wildman–Crippen LogP) is 4.24. The quantitative estimate of drug-likeness (QED) is 0.320. The van der Waals surface area contributed by atoms with Crippen molar-refractivity contribution < 1.29 is 18.1 Å². The zero-order valence-electron chi connectivity index (χ0n) is 12.0. The van der Waals surface area contributed by atoms with Gasteiger partial charge in [0.05, 0.1) is 11.5 Å². The Balaban J connectivity index is 3.39. The zero-order chi connectivity index (χ0) is 14.6. The van der Waals surface area contributed by atoms with E-state index in [1.54, 1.807) is 0 Å². The second kappa shape index (κ2) is 11.3. The molecule has 0 aromatic carbocycles. The topological polar surface area (TPSA) is 74.6 Å². The molecule has 2 N–H and O–H groups in total. The fourth-order valence-electron chi connectivity index (χ4n) is 1.92. The van der Waals surface area contributed by atoms with E-state index in [1.165, 1.54) is 44.6 Å². The van der Waals surface area contributed by atoms with Gasteiger partial charge >= 0.3 is 0 Å². The molecule has 0 bridgehead atoms. The minimum absolute atomic E-state index is 0.0561. The Kier molecular flexibility index (Phi) is 11.0. The minimum atomic E-state index is -4.01. The summed E-state index contributed by atoms with van der Waals surface area (Å²) in [5.74, 6) is -0.448. The molecule has 4 nitrogen and oxygen atoms in total. The maximum Gasteiger partial charge on any atom is 0.268 e. The van der Waals surface area contributed by atoms with E-state index in [9.17, 15) is 13.5 Å². The van der Waals surface area contributed by atoms with Crippen LogP contribution in [0, 0.1) is 0 Å². The van der Waals surface area contributed by atoms with Gasteiger partial charge in [0.2, 0.25) is 0 Å². The van der Waals surface area contributed by atoms with Crippen LogP contribution in [0.15, 0.2) is 11.8 Å². The van der Waals surface area contributed by atoms with E-state index in [-0.39, 0.29) is 5.76 Å². The highest BCUT2D eigenvalue weighted by atomic mass is 32.2. The molecule has 0 aliphatic carbocycles. The standard InChI is InChI=1S/C14H28O4S/c1-2-3-4-5-6-7-8-9-10-11-14(15)12-13-19(16,17)18/h12,15H,2-11,13H2,1H3,(H,16,17,18). The summed E-state index contributed by atoms with van der Waals surface area (Å²) in [6, 6.07) is 0. The van der Waals surface area contributed by atoms with Crippen molar-refractivity contribution in [3.05, 3.63) is 11.8 Å². The van der Waals surface area contributed by atoms with Crippen LogP contribution < -0.4 is 0 Å². The molecule has 0 rings (SSSR count). The van der Waals surface area contributed by atoms with Gasteiger partial charge in [-0.25, -0.2) is 0 Å². The summed E-state index contributed by atoms with van der Waals surface area (Å²) in [5, 5.41) is 9.40. The maximum absolute atomic E-state index is 10.5. The van der Waals surface area contributed by atoms with Crippen molar-refractivity contribution in [2.75, 3.05) is 5.75 Å². The largest absolute Gasteiger partial charge is 0.513 e. The molecule has 114 valence electrons. The molecule has 0 unspecified atom stereocenters. The Labute approximate surface area is 117 Å². The smallest absolute Gasteiger partial charge is 0.268 e. The Morgan fingerprint density at radius 3 is 1.89 bits per heavy atom. The van der Waals surface area contributed by atoms with E-state index >= 15 is 0 Å². The molecule has 0 spiro atoms. The second-order valence-corrected chi connectivity index (χ2v) is 6.52. The lowest BCUT2D eigenvalue weighted by Gasteiger charge is -2.02. The average Bonchev–Trinajstić information content (AvgIpc) is 2.33. The highest BCUT2D eigenvalue weighted by Gasteiger charge is 2.02. The van der Waals surface area contributed by atoms with Gasteiger partial charge in [0, 0.05) is 6.42 Å². The van der Waals surface area contributed by atoms with Gasteiger partial charge in [-0.2, -0.15) is 8.42 Å². The lowest BCUT2D eigenvalue weighted by molar-refractivity contribution is 0.378. The van der Waals surface area contributed by atoms with Crippen molar-refractivity contribution in [1.82, 2.24) is 0 Å². The summed E-state index contributed by atoms with van der Waals surface area (Å²) in [6.07, 6.45) is 12.5. The fraction of sp³-hybridized carbons (Fsp3) is 0.857. The summed E-state index contributed by atoms with van der Waals surface area (Å²) in [7, 11) is -4.01. The van der Waals surface area contributed by atoms with Gasteiger partial charge in [-0.3, -0.25) is 4.55 Å².